The fourth-order valence-corrected chi connectivity index (χ4v) is 1.01. The molecule has 78 valence electrons. The molecule has 1 aromatic rings. The van der Waals surface area contributed by atoms with E-state index in [0.29, 0.717) is 11.5 Å². The molecule has 0 radical (unpaired) electrons. The van der Waals surface area contributed by atoms with Crippen LogP contribution in [0.2, 0.25) is 0 Å². The van der Waals surface area contributed by atoms with E-state index in [1.165, 1.54) is 7.05 Å². The highest BCUT2D eigenvalue weighted by Gasteiger charge is 2.31. The number of hydrogen-bond acceptors (Lipinski definition) is 3. The SMILES string of the molecule is CNc1cc(C(F)(F)F)cnc1NC. The van der Waals surface area contributed by atoms with E-state index in [2.05, 4.69) is 15.6 Å². The molecule has 0 aliphatic rings. The quantitative estimate of drug-likeness (QED) is 0.777. The smallest absolute Gasteiger partial charge is 0.385 e. The van der Waals surface area contributed by atoms with Crippen molar-refractivity contribution in [3.8, 4) is 0 Å². The highest BCUT2D eigenvalue weighted by molar-refractivity contribution is 5.64. The first kappa shape index (κ1) is 10.6. The molecule has 0 fully saturated rings. The lowest BCUT2D eigenvalue weighted by Crippen LogP contribution is -2.08. The van der Waals surface area contributed by atoms with Crippen LogP contribution < -0.4 is 10.6 Å². The number of aromatic nitrogens is 1. The summed E-state index contributed by atoms with van der Waals surface area (Å²) in [4.78, 5) is 3.64. The third-order valence-electron chi connectivity index (χ3n) is 1.72. The summed E-state index contributed by atoms with van der Waals surface area (Å²) in [6, 6.07) is 1.01. The fourth-order valence-electron chi connectivity index (χ4n) is 1.01. The lowest BCUT2D eigenvalue weighted by atomic mass is 10.2. The minimum Gasteiger partial charge on any atom is -0.385 e. The summed E-state index contributed by atoms with van der Waals surface area (Å²) in [5.41, 5.74) is -0.442. The lowest BCUT2D eigenvalue weighted by Gasteiger charge is -2.11. The maximum Gasteiger partial charge on any atom is 0.417 e. The van der Waals surface area contributed by atoms with E-state index in [9.17, 15) is 13.2 Å². The molecule has 1 rings (SSSR count). The minimum absolute atomic E-state index is 0.322. The van der Waals surface area contributed by atoms with Crippen LogP contribution in [0.5, 0.6) is 0 Å². The topological polar surface area (TPSA) is 37.0 Å². The van der Waals surface area contributed by atoms with Crippen LogP contribution in [0.25, 0.3) is 0 Å². The van der Waals surface area contributed by atoms with Gasteiger partial charge in [-0.3, -0.25) is 0 Å². The largest absolute Gasteiger partial charge is 0.417 e. The number of halogens is 3. The van der Waals surface area contributed by atoms with Gasteiger partial charge in [0, 0.05) is 20.3 Å². The third-order valence-corrected chi connectivity index (χ3v) is 1.72. The number of nitrogens with one attached hydrogen (secondary N) is 2. The van der Waals surface area contributed by atoms with E-state index < -0.39 is 11.7 Å². The average molecular weight is 205 g/mol. The standard InChI is InChI=1S/C8H10F3N3/c1-12-6-3-5(8(9,10)11)4-14-7(6)13-2/h3-4,12H,1-2H3,(H,13,14). The second kappa shape index (κ2) is 3.73. The normalized spacial score (nSPS) is 11.2. The molecule has 0 bridgehead atoms. The summed E-state index contributed by atoms with van der Waals surface area (Å²) in [5, 5.41) is 5.32. The average Bonchev–Trinajstić information content (AvgIpc) is 2.15. The van der Waals surface area contributed by atoms with E-state index in [1.807, 2.05) is 0 Å². The molecule has 0 saturated carbocycles. The van der Waals surface area contributed by atoms with Crippen LogP contribution >= 0.6 is 0 Å². The maximum atomic E-state index is 12.3. The first-order chi connectivity index (χ1) is 6.49. The Morgan fingerprint density at radius 3 is 2.29 bits per heavy atom. The predicted molar refractivity (Wildman–Crippen MR) is 48.3 cm³/mol. The molecule has 0 aliphatic heterocycles. The van der Waals surface area contributed by atoms with Crippen LogP contribution in [0, 0.1) is 0 Å². The predicted octanol–water partition coefficient (Wildman–Crippen LogP) is 2.18. The third kappa shape index (κ3) is 2.07. The van der Waals surface area contributed by atoms with Crippen molar-refractivity contribution in [3.63, 3.8) is 0 Å². The van der Waals surface area contributed by atoms with E-state index in [4.69, 9.17) is 0 Å². The lowest BCUT2D eigenvalue weighted by molar-refractivity contribution is -0.137. The van der Waals surface area contributed by atoms with Gasteiger partial charge >= 0.3 is 6.18 Å². The molecule has 1 heterocycles. The van der Waals surface area contributed by atoms with Crippen molar-refractivity contribution in [1.82, 2.24) is 4.98 Å². The van der Waals surface area contributed by atoms with Gasteiger partial charge in [0.1, 0.15) is 5.82 Å². The molecule has 0 aromatic carbocycles. The van der Waals surface area contributed by atoms with Crippen LogP contribution in [-0.2, 0) is 6.18 Å². The number of pyridine rings is 1. The van der Waals surface area contributed by atoms with Crippen LogP contribution in [0.3, 0.4) is 0 Å². The molecule has 14 heavy (non-hydrogen) atoms. The maximum absolute atomic E-state index is 12.3. The van der Waals surface area contributed by atoms with Crippen LogP contribution in [0.1, 0.15) is 5.56 Å². The van der Waals surface area contributed by atoms with Gasteiger partial charge in [0.25, 0.3) is 0 Å². The molecule has 0 atom stereocenters. The van der Waals surface area contributed by atoms with Gasteiger partial charge in [-0.2, -0.15) is 13.2 Å². The van der Waals surface area contributed by atoms with Gasteiger partial charge in [-0.05, 0) is 6.07 Å². The number of nitrogens with zero attached hydrogens (tertiary/aromatic N) is 1. The zero-order valence-corrected chi connectivity index (χ0v) is 7.74. The molecule has 0 aliphatic carbocycles. The molecular formula is C8H10F3N3. The Bertz CT molecular complexity index is 322. The van der Waals surface area contributed by atoms with Crippen molar-refractivity contribution in [2.24, 2.45) is 0 Å². The molecular weight excluding hydrogens is 195 g/mol. The van der Waals surface area contributed by atoms with Crippen molar-refractivity contribution in [2.75, 3.05) is 24.7 Å². The zero-order chi connectivity index (χ0) is 10.8. The Balaban J connectivity index is 3.14. The van der Waals surface area contributed by atoms with Crippen molar-refractivity contribution in [2.45, 2.75) is 6.18 Å². The zero-order valence-electron chi connectivity index (χ0n) is 7.74. The van der Waals surface area contributed by atoms with Gasteiger partial charge in [-0.1, -0.05) is 0 Å². The van der Waals surface area contributed by atoms with Crippen molar-refractivity contribution in [3.05, 3.63) is 17.8 Å². The number of anilines is 2. The number of hydrogen-bond donors (Lipinski definition) is 2. The highest BCUT2D eigenvalue weighted by atomic mass is 19.4. The summed E-state index contributed by atoms with van der Waals surface area (Å²) >= 11 is 0. The molecule has 0 unspecified atom stereocenters. The number of alkyl halides is 3. The van der Waals surface area contributed by atoms with E-state index in [-0.39, 0.29) is 0 Å². The summed E-state index contributed by atoms with van der Waals surface area (Å²) in [6.07, 6.45) is -3.56. The summed E-state index contributed by atoms with van der Waals surface area (Å²) in [5.74, 6) is 0.389. The van der Waals surface area contributed by atoms with E-state index in [1.54, 1.807) is 7.05 Å². The summed E-state index contributed by atoms with van der Waals surface area (Å²) in [6.45, 7) is 0. The molecule has 1 aromatic heterocycles. The molecule has 0 amide bonds. The second-order valence-corrected chi connectivity index (χ2v) is 2.62. The highest BCUT2D eigenvalue weighted by Crippen LogP contribution is 2.32. The first-order valence-electron chi connectivity index (χ1n) is 3.91. The Morgan fingerprint density at radius 1 is 1.21 bits per heavy atom. The van der Waals surface area contributed by atoms with Gasteiger partial charge in [0.2, 0.25) is 0 Å². The molecule has 0 spiro atoms. The Labute approximate surface area is 79.3 Å². The van der Waals surface area contributed by atoms with Crippen LogP contribution in [-0.4, -0.2) is 19.1 Å². The van der Waals surface area contributed by atoms with E-state index in [0.717, 1.165) is 12.3 Å². The minimum atomic E-state index is -4.36. The Hall–Kier alpha value is -1.46. The van der Waals surface area contributed by atoms with Gasteiger partial charge in [0.05, 0.1) is 11.3 Å². The molecule has 3 nitrogen and oxygen atoms in total. The fraction of sp³-hybridized carbons (Fsp3) is 0.375. The van der Waals surface area contributed by atoms with Crippen LogP contribution in [0.15, 0.2) is 12.3 Å². The summed E-state index contributed by atoms with van der Waals surface area (Å²) < 4.78 is 36.8. The first-order valence-corrected chi connectivity index (χ1v) is 3.91. The van der Waals surface area contributed by atoms with Gasteiger partial charge < -0.3 is 10.6 Å². The van der Waals surface area contributed by atoms with Crippen LogP contribution in [0.4, 0.5) is 24.7 Å². The van der Waals surface area contributed by atoms with Gasteiger partial charge in [-0.15, -0.1) is 0 Å². The van der Waals surface area contributed by atoms with Crippen molar-refractivity contribution in [1.29, 1.82) is 0 Å². The summed E-state index contributed by atoms with van der Waals surface area (Å²) in [7, 11) is 3.13. The second-order valence-electron chi connectivity index (χ2n) is 2.62. The monoisotopic (exact) mass is 205 g/mol. The van der Waals surface area contributed by atoms with Gasteiger partial charge in [-0.25, -0.2) is 4.98 Å². The molecule has 0 saturated heterocycles. The molecule has 6 heteroatoms. The van der Waals surface area contributed by atoms with Crippen molar-refractivity contribution < 1.29 is 13.2 Å². The van der Waals surface area contributed by atoms with E-state index >= 15 is 0 Å². The number of rotatable bonds is 2. The molecule has 2 N–H and O–H groups in total. The van der Waals surface area contributed by atoms with Crippen molar-refractivity contribution >= 4 is 11.5 Å². The Kier molecular flexibility index (Phi) is 2.83. The Morgan fingerprint density at radius 2 is 1.86 bits per heavy atom. The van der Waals surface area contributed by atoms with Gasteiger partial charge in [0.15, 0.2) is 0 Å².